The van der Waals surface area contributed by atoms with Crippen molar-refractivity contribution in [2.75, 3.05) is 31.1 Å². The van der Waals surface area contributed by atoms with Crippen LogP contribution in [0.4, 0.5) is 5.82 Å². The summed E-state index contributed by atoms with van der Waals surface area (Å²) in [6.45, 7) is 12.1. The summed E-state index contributed by atoms with van der Waals surface area (Å²) in [6.07, 6.45) is 3.38. The van der Waals surface area contributed by atoms with Gasteiger partial charge >= 0.3 is 0 Å². The zero-order valence-corrected chi connectivity index (χ0v) is 19.4. The number of sulfonamides is 1. The largest absolute Gasteiger partial charge is 0.354 e. The fourth-order valence-electron chi connectivity index (χ4n) is 3.77. The number of imidazole rings is 2. The zero-order chi connectivity index (χ0) is 22.3. The van der Waals surface area contributed by atoms with Crippen molar-refractivity contribution in [1.82, 2.24) is 33.4 Å². The average molecular weight is 445 g/mol. The second-order valence-electron chi connectivity index (χ2n) is 7.72. The molecule has 0 atom stereocenters. The van der Waals surface area contributed by atoms with Crippen LogP contribution in [0, 0.1) is 27.7 Å². The molecule has 11 heteroatoms. The molecule has 1 aliphatic rings. The van der Waals surface area contributed by atoms with Crippen LogP contribution in [0.5, 0.6) is 0 Å². The summed E-state index contributed by atoms with van der Waals surface area (Å²) in [5, 5.41) is 0.117. The molecule has 166 valence electrons. The summed E-state index contributed by atoms with van der Waals surface area (Å²) in [6, 6.07) is 1.93. The van der Waals surface area contributed by atoms with E-state index >= 15 is 0 Å². The van der Waals surface area contributed by atoms with Gasteiger partial charge in [0.1, 0.15) is 29.6 Å². The minimum absolute atomic E-state index is 0.117. The Hall–Kier alpha value is -2.79. The number of piperazine rings is 1. The van der Waals surface area contributed by atoms with Crippen molar-refractivity contribution in [3.05, 3.63) is 41.6 Å². The van der Waals surface area contributed by atoms with E-state index in [1.807, 2.05) is 49.8 Å². The van der Waals surface area contributed by atoms with Crippen LogP contribution >= 0.6 is 0 Å². The van der Waals surface area contributed by atoms with Gasteiger partial charge in [-0.2, -0.15) is 4.31 Å². The minimum atomic E-state index is -3.61. The molecule has 0 aliphatic carbocycles. The first-order valence-electron chi connectivity index (χ1n) is 10.4. The third-order valence-corrected chi connectivity index (χ3v) is 7.54. The molecule has 0 N–H and O–H groups in total. The van der Waals surface area contributed by atoms with Crippen LogP contribution in [0.25, 0.3) is 5.82 Å². The highest BCUT2D eigenvalue weighted by molar-refractivity contribution is 7.89. The van der Waals surface area contributed by atoms with E-state index in [9.17, 15) is 8.42 Å². The number of anilines is 1. The maximum atomic E-state index is 13.0. The second kappa shape index (κ2) is 8.04. The Bertz CT molecular complexity index is 1210. The lowest BCUT2D eigenvalue weighted by molar-refractivity contribution is 0.382. The van der Waals surface area contributed by atoms with Gasteiger partial charge in [0.05, 0.1) is 5.69 Å². The molecule has 0 spiro atoms. The molecule has 0 bridgehead atoms. The fraction of sp³-hybridized carbons (Fsp3) is 0.500. The van der Waals surface area contributed by atoms with E-state index in [1.165, 1.54) is 4.31 Å². The molecule has 1 aliphatic heterocycles. The first kappa shape index (κ1) is 21.4. The Kier molecular flexibility index (Phi) is 5.56. The molecule has 0 amide bonds. The maximum Gasteiger partial charge on any atom is 0.262 e. The van der Waals surface area contributed by atoms with Gasteiger partial charge in [-0.3, -0.25) is 4.57 Å². The van der Waals surface area contributed by atoms with E-state index in [0.29, 0.717) is 44.4 Å². The Morgan fingerprint density at radius 1 is 0.968 bits per heavy atom. The molecule has 0 saturated carbocycles. The molecule has 0 radical (unpaired) electrons. The smallest absolute Gasteiger partial charge is 0.262 e. The third-order valence-electron chi connectivity index (χ3n) is 5.77. The summed E-state index contributed by atoms with van der Waals surface area (Å²) in [5.41, 5.74) is 1.99. The summed E-state index contributed by atoms with van der Waals surface area (Å²) >= 11 is 0. The van der Waals surface area contributed by atoms with E-state index in [2.05, 4.69) is 24.8 Å². The Morgan fingerprint density at radius 2 is 1.65 bits per heavy atom. The molecule has 1 saturated heterocycles. The minimum Gasteiger partial charge on any atom is -0.354 e. The van der Waals surface area contributed by atoms with Crippen molar-refractivity contribution in [2.24, 2.45) is 0 Å². The average Bonchev–Trinajstić information content (AvgIpc) is 3.30. The van der Waals surface area contributed by atoms with Crippen molar-refractivity contribution in [3.8, 4) is 5.82 Å². The molecule has 4 heterocycles. The summed E-state index contributed by atoms with van der Waals surface area (Å²) < 4.78 is 31.4. The van der Waals surface area contributed by atoms with Crippen LogP contribution in [0.1, 0.15) is 30.0 Å². The molecule has 10 nitrogen and oxygen atoms in total. The van der Waals surface area contributed by atoms with Crippen molar-refractivity contribution in [2.45, 2.75) is 46.2 Å². The highest BCUT2D eigenvalue weighted by Gasteiger charge is 2.31. The first-order valence-corrected chi connectivity index (χ1v) is 11.8. The maximum absolute atomic E-state index is 13.0. The second-order valence-corrected chi connectivity index (χ2v) is 9.61. The van der Waals surface area contributed by atoms with Crippen LogP contribution in [-0.4, -0.2) is 68.0 Å². The third kappa shape index (κ3) is 3.94. The summed E-state index contributed by atoms with van der Waals surface area (Å²) in [4.78, 5) is 19.9. The van der Waals surface area contributed by atoms with Crippen LogP contribution in [0.2, 0.25) is 0 Å². The topological polar surface area (TPSA) is 102 Å². The lowest BCUT2D eigenvalue weighted by Gasteiger charge is -2.34. The Balaban J connectivity index is 1.53. The zero-order valence-electron chi connectivity index (χ0n) is 18.6. The summed E-state index contributed by atoms with van der Waals surface area (Å²) in [7, 11) is -3.61. The molecule has 3 aromatic rings. The number of nitrogens with zero attached hydrogens (tertiary/aromatic N) is 8. The molecular formula is C20H28N8O2S. The molecule has 31 heavy (non-hydrogen) atoms. The normalized spacial score (nSPS) is 15.6. The SMILES string of the molecule is CCn1cc(S(=O)(=O)N2CCN(c3cc(-n4cnc(C)c4C)nc(C)n3)CC2)nc1C. The van der Waals surface area contributed by atoms with Gasteiger partial charge in [-0.15, -0.1) is 0 Å². The highest BCUT2D eigenvalue weighted by atomic mass is 32.2. The van der Waals surface area contributed by atoms with Crippen LogP contribution in [0.3, 0.4) is 0 Å². The van der Waals surface area contributed by atoms with Crippen molar-refractivity contribution in [3.63, 3.8) is 0 Å². The molecule has 0 unspecified atom stereocenters. The van der Waals surface area contributed by atoms with Gasteiger partial charge in [0.2, 0.25) is 0 Å². The summed E-state index contributed by atoms with van der Waals surface area (Å²) in [5.74, 6) is 2.91. The van der Waals surface area contributed by atoms with Gasteiger partial charge in [-0.1, -0.05) is 0 Å². The predicted octanol–water partition coefficient (Wildman–Crippen LogP) is 1.62. The molecular weight excluding hydrogens is 416 g/mol. The molecule has 1 fully saturated rings. The molecule has 4 rings (SSSR count). The number of aryl methyl sites for hydroxylation is 4. The first-order chi connectivity index (χ1) is 14.7. The van der Waals surface area contributed by atoms with Gasteiger partial charge in [0.25, 0.3) is 10.0 Å². The quantitative estimate of drug-likeness (QED) is 0.589. The molecule has 0 aromatic carbocycles. The van der Waals surface area contributed by atoms with Crippen molar-refractivity contribution in [1.29, 1.82) is 0 Å². The van der Waals surface area contributed by atoms with Crippen LogP contribution in [-0.2, 0) is 16.6 Å². The standard InChI is InChI=1S/C20H28N8O2S/c1-6-25-12-20(24-17(25)5)31(29,30)27-9-7-26(8-10-27)18-11-19(23-16(4)22-18)28-13-21-14(2)15(28)3/h11-13H,6-10H2,1-5H3. The number of hydrogen-bond acceptors (Lipinski definition) is 7. The number of rotatable bonds is 5. The van der Waals surface area contributed by atoms with Crippen LogP contribution < -0.4 is 4.90 Å². The van der Waals surface area contributed by atoms with Gasteiger partial charge in [0, 0.05) is 50.7 Å². The van der Waals surface area contributed by atoms with Gasteiger partial charge in [0.15, 0.2) is 5.03 Å². The lowest BCUT2D eigenvalue weighted by atomic mass is 10.3. The Labute approximate surface area is 182 Å². The fourth-order valence-corrected chi connectivity index (χ4v) is 5.18. The highest BCUT2D eigenvalue weighted by Crippen LogP contribution is 2.22. The molecule has 3 aromatic heterocycles. The van der Waals surface area contributed by atoms with Crippen molar-refractivity contribution < 1.29 is 8.42 Å². The van der Waals surface area contributed by atoms with Gasteiger partial charge < -0.3 is 9.47 Å². The number of aromatic nitrogens is 6. The van der Waals surface area contributed by atoms with E-state index < -0.39 is 10.0 Å². The van der Waals surface area contributed by atoms with E-state index in [0.717, 1.165) is 23.0 Å². The van der Waals surface area contributed by atoms with Gasteiger partial charge in [-0.05, 0) is 34.6 Å². The van der Waals surface area contributed by atoms with E-state index in [-0.39, 0.29) is 5.03 Å². The number of hydrogen-bond donors (Lipinski definition) is 0. The Morgan fingerprint density at radius 3 is 2.23 bits per heavy atom. The lowest BCUT2D eigenvalue weighted by Crippen LogP contribution is -2.49. The van der Waals surface area contributed by atoms with E-state index in [4.69, 9.17) is 0 Å². The van der Waals surface area contributed by atoms with Crippen molar-refractivity contribution >= 4 is 15.8 Å². The monoisotopic (exact) mass is 444 g/mol. The van der Waals surface area contributed by atoms with E-state index in [1.54, 1.807) is 12.5 Å². The predicted molar refractivity (Wildman–Crippen MR) is 117 cm³/mol. The van der Waals surface area contributed by atoms with Crippen LogP contribution in [0.15, 0.2) is 23.6 Å². The van der Waals surface area contributed by atoms with Gasteiger partial charge in [-0.25, -0.2) is 28.4 Å².